The highest BCUT2D eigenvalue weighted by Gasteiger charge is 2.28. The molecule has 1 aliphatic rings. The number of aryl methyl sites for hydroxylation is 1. The molecule has 19 heavy (non-hydrogen) atoms. The molecule has 2 atom stereocenters. The predicted octanol–water partition coefficient (Wildman–Crippen LogP) is 4.07. The van der Waals surface area contributed by atoms with Crippen LogP contribution in [0.2, 0.25) is 0 Å². The summed E-state index contributed by atoms with van der Waals surface area (Å²) in [5, 5.41) is 3.42. The fourth-order valence-electron chi connectivity index (χ4n) is 2.51. The van der Waals surface area contributed by atoms with Gasteiger partial charge in [0.2, 0.25) is 0 Å². The maximum absolute atomic E-state index is 13.3. The third kappa shape index (κ3) is 2.16. The number of para-hydroxylation sites is 1. The molecule has 2 aromatic carbocycles. The van der Waals surface area contributed by atoms with Gasteiger partial charge >= 0.3 is 0 Å². The lowest BCUT2D eigenvalue weighted by Crippen LogP contribution is -2.32. The number of hydrogen-bond donors (Lipinski definition) is 1. The number of ether oxygens (including phenoxy) is 1. The Morgan fingerprint density at radius 1 is 1.16 bits per heavy atom. The minimum absolute atomic E-state index is 0.0936. The van der Waals surface area contributed by atoms with E-state index in [9.17, 15) is 4.39 Å². The Morgan fingerprint density at radius 2 is 1.95 bits per heavy atom. The fourth-order valence-corrected chi connectivity index (χ4v) is 2.51. The number of halogens is 1. The van der Waals surface area contributed by atoms with Crippen molar-refractivity contribution in [3.05, 3.63) is 59.4 Å². The van der Waals surface area contributed by atoms with E-state index in [1.54, 1.807) is 6.07 Å². The van der Waals surface area contributed by atoms with Gasteiger partial charge in [-0.15, -0.1) is 0 Å². The zero-order valence-electron chi connectivity index (χ0n) is 11.0. The first-order valence-electron chi connectivity index (χ1n) is 6.43. The van der Waals surface area contributed by atoms with Crippen molar-refractivity contribution < 1.29 is 9.13 Å². The average Bonchev–Trinajstić information content (AvgIpc) is 2.38. The van der Waals surface area contributed by atoms with E-state index in [1.165, 1.54) is 12.1 Å². The third-order valence-electron chi connectivity index (χ3n) is 3.47. The van der Waals surface area contributed by atoms with Crippen LogP contribution in [0.25, 0.3) is 0 Å². The maximum Gasteiger partial charge on any atom is 0.146 e. The van der Waals surface area contributed by atoms with E-state index in [0.717, 1.165) is 22.6 Å². The molecule has 0 aromatic heterocycles. The minimum Gasteiger partial charge on any atom is -0.481 e. The van der Waals surface area contributed by atoms with E-state index in [2.05, 4.69) is 5.32 Å². The molecule has 1 heterocycles. The lowest BCUT2D eigenvalue weighted by atomic mass is 10.00. The van der Waals surface area contributed by atoms with E-state index in [4.69, 9.17) is 4.74 Å². The highest BCUT2D eigenvalue weighted by molar-refractivity contribution is 5.62. The Kier molecular flexibility index (Phi) is 2.90. The fraction of sp³-hybridized carbons (Fsp3) is 0.250. The molecule has 0 fully saturated rings. The standard InChI is InChI=1S/C16H16FNO/c1-10-5-3-8-14-15(10)19-16(11(2)18-14)12-6-4-7-13(17)9-12/h3-9,11,16,18H,1-2H3. The van der Waals surface area contributed by atoms with Crippen molar-refractivity contribution in [3.8, 4) is 5.75 Å². The van der Waals surface area contributed by atoms with Gasteiger partial charge in [-0.3, -0.25) is 0 Å². The average molecular weight is 257 g/mol. The molecule has 2 unspecified atom stereocenters. The molecular weight excluding hydrogens is 241 g/mol. The van der Waals surface area contributed by atoms with Crippen LogP contribution in [0.5, 0.6) is 5.75 Å². The minimum atomic E-state index is -0.233. The number of anilines is 1. The SMILES string of the molecule is Cc1cccc2c1OC(c1cccc(F)c1)C(C)N2. The normalized spacial score (nSPS) is 21.2. The van der Waals surface area contributed by atoms with Crippen molar-refractivity contribution in [1.82, 2.24) is 0 Å². The molecular formula is C16H16FNO. The Morgan fingerprint density at radius 3 is 2.74 bits per heavy atom. The number of hydrogen-bond acceptors (Lipinski definition) is 2. The molecule has 0 saturated carbocycles. The molecule has 3 heteroatoms. The molecule has 0 saturated heterocycles. The van der Waals surface area contributed by atoms with E-state index >= 15 is 0 Å². The summed E-state index contributed by atoms with van der Waals surface area (Å²) in [6.07, 6.45) is -0.177. The molecule has 2 nitrogen and oxygen atoms in total. The van der Waals surface area contributed by atoms with Crippen molar-refractivity contribution in [3.63, 3.8) is 0 Å². The largest absolute Gasteiger partial charge is 0.481 e. The first-order chi connectivity index (χ1) is 9.15. The van der Waals surface area contributed by atoms with Crippen LogP contribution in [0.3, 0.4) is 0 Å². The van der Waals surface area contributed by atoms with Gasteiger partial charge in [-0.25, -0.2) is 4.39 Å². The quantitative estimate of drug-likeness (QED) is 0.831. The van der Waals surface area contributed by atoms with Gasteiger partial charge in [-0.2, -0.15) is 0 Å². The zero-order chi connectivity index (χ0) is 13.4. The van der Waals surface area contributed by atoms with E-state index in [1.807, 2.05) is 38.1 Å². The molecule has 1 aliphatic heterocycles. The molecule has 98 valence electrons. The second-order valence-electron chi connectivity index (χ2n) is 4.98. The molecule has 0 spiro atoms. The molecule has 0 bridgehead atoms. The summed E-state index contributed by atoms with van der Waals surface area (Å²) in [5.41, 5.74) is 2.94. The summed E-state index contributed by atoms with van der Waals surface area (Å²) >= 11 is 0. The molecule has 0 amide bonds. The van der Waals surface area contributed by atoms with Gasteiger partial charge in [-0.1, -0.05) is 24.3 Å². The highest BCUT2D eigenvalue weighted by Crippen LogP contribution is 2.39. The van der Waals surface area contributed by atoms with Crippen LogP contribution < -0.4 is 10.1 Å². The monoisotopic (exact) mass is 257 g/mol. The summed E-state index contributed by atoms with van der Waals surface area (Å²) in [7, 11) is 0. The van der Waals surface area contributed by atoms with Crippen molar-refractivity contribution >= 4 is 5.69 Å². The highest BCUT2D eigenvalue weighted by atomic mass is 19.1. The first kappa shape index (κ1) is 12.0. The van der Waals surface area contributed by atoms with Crippen LogP contribution in [0.4, 0.5) is 10.1 Å². The Bertz CT molecular complexity index is 611. The molecule has 1 N–H and O–H groups in total. The van der Waals surface area contributed by atoms with Crippen LogP contribution in [-0.2, 0) is 0 Å². The second kappa shape index (κ2) is 4.57. The van der Waals surface area contributed by atoms with Crippen LogP contribution in [0.15, 0.2) is 42.5 Å². The van der Waals surface area contributed by atoms with Crippen LogP contribution in [0, 0.1) is 12.7 Å². The van der Waals surface area contributed by atoms with Crippen molar-refractivity contribution in [2.45, 2.75) is 26.0 Å². The van der Waals surface area contributed by atoms with Crippen LogP contribution in [-0.4, -0.2) is 6.04 Å². The van der Waals surface area contributed by atoms with Gasteiger partial charge in [0, 0.05) is 0 Å². The number of benzene rings is 2. The summed E-state index contributed by atoms with van der Waals surface area (Å²) in [6.45, 7) is 4.06. The van der Waals surface area contributed by atoms with Gasteiger partial charge in [0.1, 0.15) is 17.7 Å². The van der Waals surface area contributed by atoms with Gasteiger partial charge in [-0.05, 0) is 43.2 Å². The van der Waals surface area contributed by atoms with Crippen molar-refractivity contribution in [1.29, 1.82) is 0 Å². The summed E-state index contributed by atoms with van der Waals surface area (Å²) in [6, 6.07) is 12.7. The Labute approximate surface area is 112 Å². The van der Waals surface area contributed by atoms with Crippen LogP contribution in [0.1, 0.15) is 24.2 Å². The van der Waals surface area contributed by atoms with Gasteiger partial charge in [0.05, 0.1) is 11.7 Å². The van der Waals surface area contributed by atoms with Crippen molar-refractivity contribution in [2.75, 3.05) is 5.32 Å². The lowest BCUT2D eigenvalue weighted by molar-refractivity contribution is 0.176. The van der Waals surface area contributed by atoms with Gasteiger partial charge in [0.25, 0.3) is 0 Å². The summed E-state index contributed by atoms with van der Waals surface area (Å²) in [4.78, 5) is 0. The first-order valence-corrected chi connectivity index (χ1v) is 6.43. The van der Waals surface area contributed by atoms with Gasteiger partial charge in [0.15, 0.2) is 0 Å². The van der Waals surface area contributed by atoms with Crippen LogP contribution >= 0.6 is 0 Å². The second-order valence-corrected chi connectivity index (χ2v) is 4.98. The number of nitrogens with one attached hydrogen (secondary N) is 1. The third-order valence-corrected chi connectivity index (χ3v) is 3.47. The Balaban J connectivity index is 1.99. The summed E-state index contributed by atoms with van der Waals surface area (Å²) in [5.74, 6) is 0.624. The smallest absolute Gasteiger partial charge is 0.146 e. The summed E-state index contributed by atoms with van der Waals surface area (Å²) < 4.78 is 19.4. The van der Waals surface area contributed by atoms with Crippen molar-refractivity contribution in [2.24, 2.45) is 0 Å². The topological polar surface area (TPSA) is 21.3 Å². The predicted molar refractivity (Wildman–Crippen MR) is 74.0 cm³/mol. The van der Waals surface area contributed by atoms with E-state index < -0.39 is 0 Å². The maximum atomic E-state index is 13.3. The molecule has 3 rings (SSSR count). The lowest BCUT2D eigenvalue weighted by Gasteiger charge is -2.34. The zero-order valence-corrected chi connectivity index (χ0v) is 11.0. The van der Waals surface area contributed by atoms with Gasteiger partial charge < -0.3 is 10.1 Å². The number of fused-ring (bicyclic) bond motifs is 1. The van der Waals surface area contributed by atoms with E-state index in [0.29, 0.717) is 0 Å². The molecule has 2 aromatic rings. The molecule has 0 radical (unpaired) electrons. The van der Waals surface area contributed by atoms with E-state index in [-0.39, 0.29) is 18.0 Å². The Hall–Kier alpha value is -2.03. The number of rotatable bonds is 1. The molecule has 0 aliphatic carbocycles.